The summed E-state index contributed by atoms with van der Waals surface area (Å²) >= 11 is 0. The van der Waals surface area contributed by atoms with Gasteiger partial charge < -0.3 is 0 Å². The largest absolute Gasteiger partial charge is 0 e. The molecule has 0 N–H and O–H groups in total. The molecule has 0 spiro atoms. The Morgan fingerprint density at radius 1 is 1.00 bits per heavy atom. The zero-order chi connectivity index (χ0) is 0. The van der Waals surface area contributed by atoms with E-state index >= 15 is 0 Å². The smallest absolute Gasteiger partial charge is 0 e. The molecule has 0 amide bonds. The topological polar surface area (TPSA) is 0 Å². The molecule has 0 bridgehead atoms. The summed E-state index contributed by atoms with van der Waals surface area (Å²) in [5.74, 6) is 0. The fourth-order valence-corrected chi connectivity index (χ4v) is 0. The van der Waals surface area contributed by atoms with Crippen LogP contribution in [-0.2, 0) is 21.7 Å². The van der Waals surface area contributed by atoms with E-state index < -0.39 is 0 Å². The van der Waals surface area contributed by atoms with Gasteiger partial charge >= 0.3 is 45.5 Å². The van der Waals surface area contributed by atoms with Gasteiger partial charge in [0.2, 0.25) is 0 Å². The van der Waals surface area contributed by atoms with E-state index in [1.165, 1.54) is 0 Å². The Bertz CT molecular complexity index is 15.5. The van der Waals surface area contributed by atoms with Crippen molar-refractivity contribution in [3.05, 3.63) is 0 Å². The van der Waals surface area contributed by atoms with Gasteiger partial charge in [-0.15, -0.1) is 0 Å². The molecule has 6 heteroatoms. The van der Waals surface area contributed by atoms with Crippen LogP contribution in [0.3, 0.4) is 0 Å². The van der Waals surface area contributed by atoms with Crippen LogP contribution in [0.15, 0.2) is 0 Å². The fourth-order valence-electron chi connectivity index (χ4n) is 0. The van der Waals surface area contributed by atoms with Gasteiger partial charge in [0.15, 0.2) is 0 Å². The molecule has 0 saturated heterocycles. The second-order valence-electron chi connectivity index (χ2n) is 0. The molecule has 0 aliphatic heterocycles. The van der Waals surface area contributed by atoms with Gasteiger partial charge in [0, 0.05) is 57.3 Å². The van der Waals surface area contributed by atoms with Gasteiger partial charge in [0.05, 0.1) is 8.41 Å². The van der Waals surface area contributed by atoms with E-state index in [-0.39, 0.29) is 132 Å². The molecule has 1 radical (unpaired) electrons. The second-order valence-corrected chi connectivity index (χ2v) is 0. The van der Waals surface area contributed by atoms with Gasteiger partial charge in [0.1, 0.15) is 0 Å². The first-order valence-corrected chi connectivity index (χ1v) is 0. The zero-order valence-corrected chi connectivity index (χ0v) is 8.39. The molecule has 0 heterocycles. The summed E-state index contributed by atoms with van der Waals surface area (Å²) in [5, 5.41) is 0. The van der Waals surface area contributed by atoms with E-state index in [1.54, 1.807) is 0 Å². The van der Waals surface area contributed by atoms with E-state index in [2.05, 4.69) is 0 Å². The van der Waals surface area contributed by atoms with Crippen LogP contribution in [0, 0.1) is 35.6 Å². The molecule has 0 aromatic heterocycles. The normalized spacial score (nSPS) is 0. The van der Waals surface area contributed by atoms with Gasteiger partial charge in [-0.05, 0) is 11.0 Å². The minimum Gasteiger partial charge on any atom is 0 e. The molecule has 0 fully saturated rings. The predicted octanol–water partition coefficient (Wildman–Crippen LogP) is -3.50. The molecule has 6 heavy (non-hydrogen) atoms. The summed E-state index contributed by atoms with van der Waals surface area (Å²) < 4.78 is 0. The van der Waals surface area contributed by atoms with Gasteiger partial charge in [0.25, 0.3) is 0 Å². The quantitative estimate of drug-likeness (QED) is 0.312. The van der Waals surface area contributed by atoms with E-state index in [4.69, 9.17) is 0 Å². The number of hydrogen-bond acceptors (Lipinski definition) is 0. The third kappa shape index (κ3) is 24.3. The second kappa shape index (κ2) is 35.5. The van der Waals surface area contributed by atoms with Crippen LogP contribution in [0.5, 0.6) is 0 Å². The summed E-state index contributed by atoms with van der Waals surface area (Å²) in [7, 11) is 0. The SMILES string of the molecule is B.P.[La].[SiH4].[SrH2].[Ti]. The van der Waals surface area contributed by atoms with Crippen LogP contribution in [-0.4, -0.2) is 64.9 Å². The van der Waals surface area contributed by atoms with Crippen LogP contribution < -0.4 is 0 Å². The molecule has 1 atom stereocenters. The van der Waals surface area contributed by atoms with E-state index in [9.17, 15) is 0 Å². The van der Waals surface area contributed by atoms with Crippen molar-refractivity contribution in [1.82, 2.24) is 0 Å². The van der Waals surface area contributed by atoms with Crippen molar-refractivity contribution < 1.29 is 57.3 Å². The van der Waals surface area contributed by atoms with E-state index in [0.29, 0.717) is 0 Å². The molecule has 0 saturated carbocycles. The van der Waals surface area contributed by atoms with Gasteiger partial charge in [-0.25, -0.2) is 0 Å². The maximum absolute atomic E-state index is 0. The average Bonchev–Trinajstić information content (AvgIpc) is 0. The summed E-state index contributed by atoms with van der Waals surface area (Å²) in [6.45, 7) is 0. The summed E-state index contributed by atoms with van der Waals surface area (Å²) in [4.78, 5) is 0. The first-order chi connectivity index (χ1) is 0. The third-order valence-electron chi connectivity index (χ3n) is 0. The Hall–Kier alpha value is 4.10. The van der Waals surface area contributed by atoms with Crippen LogP contribution in [0.25, 0.3) is 0 Å². The molecule has 0 aliphatic carbocycles. The number of rotatable bonds is 0. The van der Waals surface area contributed by atoms with Crippen molar-refractivity contribution in [3.8, 4) is 0 Å². The van der Waals surface area contributed by atoms with Gasteiger partial charge in [-0.2, -0.15) is 9.90 Å². The molecular formula is H12BLaPSiSrTi. The van der Waals surface area contributed by atoms with Crippen LogP contribution >= 0.6 is 9.90 Å². The van der Waals surface area contributed by atoms with Crippen LogP contribution in [0.1, 0.15) is 0 Å². The average molecular weight is 356 g/mol. The van der Waals surface area contributed by atoms with Crippen LogP contribution in [0.4, 0.5) is 0 Å². The first kappa shape index (κ1) is 49.7. The van der Waals surface area contributed by atoms with Crippen molar-refractivity contribution in [2.45, 2.75) is 0 Å². The van der Waals surface area contributed by atoms with Crippen molar-refractivity contribution in [1.29, 1.82) is 0 Å². The number of hydrogen-bond donors (Lipinski definition) is 0. The van der Waals surface area contributed by atoms with Crippen LogP contribution in [0.2, 0.25) is 0 Å². The Labute approximate surface area is 129 Å². The minimum atomic E-state index is 0. The fraction of sp³-hybridized carbons (Fsp3) is 0. The third-order valence-corrected chi connectivity index (χ3v) is 0. The molecular weight excluding hydrogens is 344 g/mol. The molecule has 0 aliphatic rings. The minimum absolute atomic E-state index is 0. The Kier molecular flexibility index (Phi) is 294. The Morgan fingerprint density at radius 2 is 1.00 bits per heavy atom. The van der Waals surface area contributed by atoms with Gasteiger partial charge in [-0.3, -0.25) is 0 Å². The molecule has 1 unspecified atom stereocenters. The molecule has 0 rings (SSSR count). The predicted molar refractivity (Wildman–Crippen MR) is 40.9 cm³/mol. The first-order valence-electron chi connectivity index (χ1n) is 0. The molecule has 0 aromatic rings. The maximum Gasteiger partial charge on any atom is 0 e. The standard InChI is InChI=1S/BH3.La.H3P.H4Si.Sr.Ti.2H/h1H3;;1H3;1H4;;;;. The maximum atomic E-state index is 0. The van der Waals surface area contributed by atoms with Crippen molar-refractivity contribution in [3.63, 3.8) is 0 Å². The molecule has 0 nitrogen and oxygen atoms in total. The molecule has 33 valence electrons. The van der Waals surface area contributed by atoms with Crippen molar-refractivity contribution in [2.75, 3.05) is 0 Å². The Morgan fingerprint density at radius 3 is 1.00 bits per heavy atom. The molecule has 0 aromatic carbocycles. The van der Waals surface area contributed by atoms with Crippen molar-refractivity contribution in [2.24, 2.45) is 0 Å². The zero-order valence-electron chi connectivity index (χ0n) is 1.78. The Balaban J connectivity index is 0. The van der Waals surface area contributed by atoms with E-state index in [0.717, 1.165) is 0 Å². The van der Waals surface area contributed by atoms with Gasteiger partial charge in [-0.1, -0.05) is 0 Å². The summed E-state index contributed by atoms with van der Waals surface area (Å²) in [6, 6.07) is 0. The monoisotopic (exact) mass is 357 g/mol. The summed E-state index contributed by atoms with van der Waals surface area (Å²) in [6.07, 6.45) is 0. The summed E-state index contributed by atoms with van der Waals surface area (Å²) in [5.41, 5.74) is 0. The van der Waals surface area contributed by atoms with E-state index in [1.807, 2.05) is 0 Å². The van der Waals surface area contributed by atoms with Crippen molar-refractivity contribution >= 4 is 74.8 Å².